The number of hydrogen-bond donors (Lipinski definition) is 0. The molecule has 1 aromatic carbocycles. The van der Waals surface area contributed by atoms with Crippen LogP contribution < -0.4 is 10.0 Å². The number of para-hydroxylation sites is 1. The Morgan fingerprint density at radius 3 is 2.25 bits per heavy atom. The minimum Gasteiger partial charge on any atom is -0.496 e. The fourth-order valence-corrected chi connectivity index (χ4v) is 2.22. The Kier molecular flexibility index (Phi) is 2.58. The summed E-state index contributed by atoms with van der Waals surface area (Å²) >= 11 is 0. The Balaban J connectivity index is 3.23. The Morgan fingerprint density at radius 2 is 1.83 bits per heavy atom. The van der Waals surface area contributed by atoms with Gasteiger partial charge in [-0.05, 0) is 25.5 Å². The zero-order valence-corrected chi connectivity index (χ0v) is 8.47. The summed E-state index contributed by atoms with van der Waals surface area (Å²) in [6.07, 6.45) is 0. The number of hydrogen-bond acceptors (Lipinski definition) is 2. The van der Waals surface area contributed by atoms with E-state index in [4.69, 9.17) is 4.74 Å². The largest absolute Gasteiger partial charge is 0.496 e. The SMILES string of the molecule is COc1ccccc1P(C)(C)=O. The maximum absolute atomic E-state index is 11.7. The second-order valence-corrected chi connectivity index (χ2v) is 6.21. The molecule has 1 aromatic rings. The Labute approximate surface area is 72.9 Å². The molecule has 3 heteroatoms. The first-order valence-electron chi connectivity index (χ1n) is 3.74. The van der Waals surface area contributed by atoms with Crippen LogP contribution in [0, 0.1) is 0 Å². The molecule has 0 saturated carbocycles. The molecule has 0 amide bonds. The Bertz CT molecular complexity index is 314. The molecular formula is C9H13O2P. The maximum Gasteiger partial charge on any atom is 0.129 e. The Morgan fingerprint density at radius 1 is 1.25 bits per heavy atom. The van der Waals surface area contributed by atoms with Gasteiger partial charge in [-0.25, -0.2) is 0 Å². The molecule has 0 atom stereocenters. The third-order valence-electron chi connectivity index (χ3n) is 1.67. The maximum atomic E-state index is 11.7. The first-order valence-corrected chi connectivity index (χ1v) is 6.34. The van der Waals surface area contributed by atoms with Gasteiger partial charge < -0.3 is 9.30 Å². The van der Waals surface area contributed by atoms with Gasteiger partial charge in [0.1, 0.15) is 12.9 Å². The molecule has 66 valence electrons. The van der Waals surface area contributed by atoms with Crippen molar-refractivity contribution < 1.29 is 9.30 Å². The monoisotopic (exact) mass is 184 g/mol. The molecule has 0 aliphatic carbocycles. The summed E-state index contributed by atoms with van der Waals surface area (Å²) in [7, 11) is -0.605. The topological polar surface area (TPSA) is 26.3 Å². The van der Waals surface area contributed by atoms with E-state index in [0.717, 1.165) is 5.30 Å². The van der Waals surface area contributed by atoms with Crippen LogP contribution in [0.3, 0.4) is 0 Å². The van der Waals surface area contributed by atoms with E-state index < -0.39 is 7.14 Å². The van der Waals surface area contributed by atoms with Crippen molar-refractivity contribution in [2.45, 2.75) is 0 Å². The highest BCUT2D eigenvalue weighted by atomic mass is 31.2. The zero-order chi connectivity index (χ0) is 9.19. The highest BCUT2D eigenvalue weighted by molar-refractivity contribution is 7.70. The van der Waals surface area contributed by atoms with Gasteiger partial charge in [-0.3, -0.25) is 0 Å². The van der Waals surface area contributed by atoms with E-state index in [2.05, 4.69) is 0 Å². The first kappa shape index (κ1) is 9.34. The van der Waals surface area contributed by atoms with Crippen LogP contribution in [0.5, 0.6) is 5.75 Å². The van der Waals surface area contributed by atoms with Crippen LogP contribution in [0.25, 0.3) is 0 Å². The fraction of sp³-hybridized carbons (Fsp3) is 0.333. The van der Waals surface area contributed by atoms with Crippen molar-refractivity contribution in [2.24, 2.45) is 0 Å². The number of rotatable bonds is 2. The van der Waals surface area contributed by atoms with Crippen molar-refractivity contribution >= 4 is 12.4 Å². The van der Waals surface area contributed by atoms with Gasteiger partial charge in [0.25, 0.3) is 0 Å². The minimum absolute atomic E-state index is 0.714. The molecule has 2 nitrogen and oxygen atoms in total. The molecule has 0 heterocycles. The van der Waals surface area contributed by atoms with Crippen LogP contribution in [0.2, 0.25) is 0 Å². The molecule has 0 N–H and O–H groups in total. The van der Waals surface area contributed by atoms with E-state index >= 15 is 0 Å². The van der Waals surface area contributed by atoms with Crippen molar-refractivity contribution in [3.05, 3.63) is 24.3 Å². The minimum atomic E-state index is -2.20. The summed E-state index contributed by atoms with van der Waals surface area (Å²) in [5.74, 6) is 0.714. The number of benzene rings is 1. The van der Waals surface area contributed by atoms with E-state index in [1.54, 1.807) is 20.4 Å². The van der Waals surface area contributed by atoms with Gasteiger partial charge in [-0.2, -0.15) is 0 Å². The van der Waals surface area contributed by atoms with Crippen molar-refractivity contribution in [3.8, 4) is 5.75 Å². The van der Waals surface area contributed by atoms with E-state index in [0.29, 0.717) is 5.75 Å². The highest BCUT2D eigenvalue weighted by Gasteiger charge is 2.15. The molecular weight excluding hydrogens is 171 g/mol. The van der Waals surface area contributed by atoms with Gasteiger partial charge in [0.15, 0.2) is 0 Å². The summed E-state index contributed by atoms with van der Waals surface area (Å²) in [6.45, 7) is 3.48. The van der Waals surface area contributed by atoms with Crippen LogP contribution in [-0.4, -0.2) is 20.4 Å². The van der Waals surface area contributed by atoms with Gasteiger partial charge in [-0.15, -0.1) is 0 Å². The molecule has 0 aromatic heterocycles. The second-order valence-electron chi connectivity index (χ2n) is 3.02. The summed E-state index contributed by atoms with van der Waals surface area (Å²) < 4.78 is 16.8. The standard InChI is InChI=1S/C9H13O2P/c1-11-8-6-4-5-7-9(8)12(2,3)10/h4-7H,1-3H3. The molecule has 1 rings (SSSR count). The van der Waals surface area contributed by atoms with Gasteiger partial charge in [0.2, 0.25) is 0 Å². The highest BCUT2D eigenvalue weighted by Crippen LogP contribution is 2.38. The summed E-state index contributed by atoms with van der Waals surface area (Å²) in [6, 6.07) is 7.42. The zero-order valence-electron chi connectivity index (χ0n) is 7.57. The lowest BCUT2D eigenvalue weighted by Crippen LogP contribution is -2.06. The summed E-state index contributed by atoms with van der Waals surface area (Å²) in [5, 5.41) is 0.813. The fourth-order valence-electron chi connectivity index (χ4n) is 1.07. The average molecular weight is 184 g/mol. The van der Waals surface area contributed by atoms with Crippen LogP contribution >= 0.6 is 7.14 Å². The second kappa shape index (κ2) is 3.32. The molecule has 0 radical (unpaired) electrons. The normalized spacial score (nSPS) is 11.2. The molecule has 0 fully saturated rings. The third kappa shape index (κ3) is 1.89. The molecule has 0 unspecified atom stereocenters. The predicted octanol–water partition coefficient (Wildman–Crippen LogP) is 1.94. The molecule has 0 aliphatic heterocycles. The van der Waals surface area contributed by atoms with Crippen LogP contribution in [0.1, 0.15) is 0 Å². The predicted molar refractivity (Wildman–Crippen MR) is 52.1 cm³/mol. The van der Waals surface area contributed by atoms with E-state index in [-0.39, 0.29) is 0 Å². The van der Waals surface area contributed by atoms with Crippen LogP contribution in [-0.2, 0) is 4.57 Å². The van der Waals surface area contributed by atoms with Crippen molar-refractivity contribution in [1.82, 2.24) is 0 Å². The lowest BCUT2D eigenvalue weighted by Gasteiger charge is -2.11. The smallest absolute Gasteiger partial charge is 0.129 e. The lowest BCUT2D eigenvalue weighted by atomic mass is 10.3. The molecule has 0 spiro atoms. The molecule has 12 heavy (non-hydrogen) atoms. The average Bonchev–Trinajstić information content (AvgIpc) is 2.03. The molecule has 0 aliphatic rings. The number of ether oxygens (including phenoxy) is 1. The van der Waals surface area contributed by atoms with Crippen molar-refractivity contribution in [2.75, 3.05) is 20.4 Å². The van der Waals surface area contributed by atoms with Gasteiger partial charge in [0.05, 0.1) is 12.4 Å². The van der Waals surface area contributed by atoms with Gasteiger partial charge in [0, 0.05) is 0 Å². The Hall–Kier alpha value is -0.750. The van der Waals surface area contributed by atoms with E-state index in [1.165, 1.54) is 0 Å². The molecule has 0 bridgehead atoms. The van der Waals surface area contributed by atoms with E-state index in [1.807, 2.05) is 24.3 Å². The van der Waals surface area contributed by atoms with E-state index in [9.17, 15) is 4.57 Å². The summed E-state index contributed by atoms with van der Waals surface area (Å²) in [4.78, 5) is 0. The lowest BCUT2D eigenvalue weighted by molar-refractivity contribution is 0.418. The third-order valence-corrected chi connectivity index (χ3v) is 3.20. The van der Waals surface area contributed by atoms with Crippen LogP contribution in [0.4, 0.5) is 0 Å². The summed E-state index contributed by atoms with van der Waals surface area (Å²) in [5.41, 5.74) is 0. The van der Waals surface area contributed by atoms with Gasteiger partial charge in [-0.1, -0.05) is 12.1 Å². The first-order chi connectivity index (χ1) is 5.55. The molecule has 0 saturated heterocycles. The van der Waals surface area contributed by atoms with Crippen molar-refractivity contribution in [1.29, 1.82) is 0 Å². The number of methoxy groups -OCH3 is 1. The van der Waals surface area contributed by atoms with Gasteiger partial charge >= 0.3 is 0 Å². The van der Waals surface area contributed by atoms with Crippen molar-refractivity contribution in [3.63, 3.8) is 0 Å². The van der Waals surface area contributed by atoms with Crippen LogP contribution in [0.15, 0.2) is 24.3 Å². The quantitative estimate of drug-likeness (QED) is 0.656.